The van der Waals surface area contributed by atoms with Crippen LogP contribution >= 0.6 is 22.7 Å². The minimum absolute atomic E-state index is 0.331. The van der Waals surface area contributed by atoms with Crippen LogP contribution in [0.5, 0.6) is 0 Å². The van der Waals surface area contributed by atoms with Crippen LogP contribution < -0.4 is 10.6 Å². The molecule has 9 heteroatoms. The quantitative estimate of drug-likeness (QED) is 0.273. The lowest BCUT2D eigenvalue weighted by atomic mass is 10.2. The van der Waals surface area contributed by atoms with Crippen molar-refractivity contribution in [3.63, 3.8) is 0 Å². The Morgan fingerprint density at radius 1 is 0.886 bits per heavy atom. The molecule has 0 bridgehead atoms. The van der Waals surface area contributed by atoms with E-state index in [1.165, 1.54) is 11.3 Å². The van der Waals surface area contributed by atoms with E-state index in [0.717, 1.165) is 28.2 Å². The normalized spacial score (nSPS) is 11.0. The van der Waals surface area contributed by atoms with Crippen molar-refractivity contribution in [2.24, 2.45) is 0 Å². The summed E-state index contributed by atoms with van der Waals surface area (Å²) in [5.74, 6) is 0.0890. The Kier molecular flexibility index (Phi) is 5.53. The van der Waals surface area contributed by atoms with E-state index in [2.05, 4.69) is 20.6 Å². The highest BCUT2D eigenvalue weighted by Gasteiger charge is 2.24. The summed E-state index contributed by atoms with van der Waals surface area (Å²) in [6.07, 6.45) is 1.70. The highest BCUT2D eigenvalue weighted by atomic mass is 32.1. The Morgan fingerprint density at radius 2 is 1.69 bits per heavy atom. The molecule has 2 aromatic carbocycles. The van der Waals surface area contributed by atoms with Crippen LogP contribution in [0.3, 0.4) is 0 Å². The van der Waals surface area contributed by atoms with Crippen molar-refractivity contribution in [1.29, 1.82) is 0 Å². The van der Waals surface area contributed by atoms with E-state index >= 15 is 0 Å². The van der Waals surface area contributed by atoms with Crippen molar-refractivity contribution in [3.05, 3.63) is 101 Å². The largest absolute Gasteiger partial charge is 0.338 e. The first-order valence-corrected chi connectivity index (χ1v) is 12.6. The summed E-state index contributed by atoms with van der Waals surface area (Å²) in [5.41, 5.74) is 5.30. The lowest BCUT2D eigenvalue weighted by Gasteiger charge is -2.06. The van der Waals surface area contributed by atoms with Crippen molar-refractivity contribution in [2.75, 3.05) is 10.6 Å². The van der Waals surface area contributed by atoms with Gasteiger partial charge in [0.15, 0.2) is 16.6 Å². The van der Waals surface area contributed by atoms with E-state index in [0.29, 0.717) is 22.2 Å². The second kappa shape index (κ2) is 9.13. The van der Waals surface area contributed by atoms with Gasteiger partial charge in [-0.15, -0.1) is 16.4 Å². The Bertz CT molecular complexity index is 1610. The van der Waals surface area contributed by atoms with Gasteiger partial charge in [0.1, 0.15) is 5.56 Å². The molecule has 0 radical (unpaired) electrons. The SMILES string of the molecule is O=C(Nc1nc(-c2ccccc2)cs1)c1c(Nc2ccccc2)nn2c(-c3ccsc3)ccnc12. The Hall–Kier alpha value is -4.34. The first kappa shape index (κ1) is 21.2. The number of para-hydroxylation sites is 1. The molecule has 4 aromatic heterocycles. The van der Waals surface area contributed by atoms with Crippen LogP contribution in [-0.2, 0) is 0 Å². The Labute approximate surface area is 208 Å². The molecule has 0 saturated heterocycles. The molecule has 0 fully saturated rings. The number of hydrogen-bond acceptors (Lipinski definition) is 7. The van der Waals surface area contributed by atoms with Crippen LogP contribution in [0.2, 0.25) is 0 Å². The fourth-order valence-corrected chi connectivity index (χ4v) is 5.13. The number of benzene rings is 2. The number of nitrogens with one attached hydrogen (secondary N) is 2. The maximum absolute atomic E-state index is 13.6. The van der Waals surface area contributed by atoms with Crippen LogP contribution in [0.15, 0.2) is 95.1 Å². The highest BCUT2D eigenvalue weighted by Crippen LogP contribution is 2.30. The van der Waals surface area contributed by atoms with Gasteiger partial charge < -0.3 is 5.32 Å². The van der Waals surface area contributed by atoms with E-state index in [-0.39, 0.29) is 5.91 Å². The van der Waals surface area contributed by atoms with Crippen LogP contribution in [0.1, 0.15) is 10.4 Å². The molecular formula is C26H18N6OS2. The maximum Gasteiger partial charge on any atom is 0.265 e. The summed E-state index contributed by atoms with van der Waals surface area (Å²) in [5, 5.41) is 17.5. The van der Waals surface area contributed by atoms with E-state index in [4.69, 9.17) is 5.10 Å². The lowest BCUT2D eigenvalue weighted by molar-refractivity contribution is 0.102. The van der Waals surface area contributed by atoms with Crippen molar-refractivity contribution >= 4 is 50.9 Å². The van der Waals surface area contributed by atoms with E-state index in [9.17, 15) is 4.79 Å². The molecule has 0 aliphatic rings. The van der Waals surface area contributed by atoms with Crippen LogP contribution in [0.4, 0.5) is 16.6 Å². The van der Waals surface area contributed by atoms with Crippen LogP contribution in [0, 0.1) is 0 Å². The molecule has 0 aliphatic heterocycles. The second-order valence-corrected chi connectivity index (χ2v) is 9.29. The summed E-state index contributed by atoms with van der Waals surface area (Å²) in [6.45, 7) is 0. The average Bonchev–Trinajstić information content (AvgIpc) is 3.65. The number of amides is 1. The fraction of sp³-hybridized carbons (Fsp3) is 0. The van der Waals surface area contributed by atoms with E-state index in [1.807, 2.05) is 88.9 Å². The average molecular weight is 495 g/mol. The number of fused-ring (bicyclic) bond motifs is 1. The molecule has 6 aromatic rings. The summed E-state index contributed by atoms with van der Waals surface area (Å²) < 4.78 is 1.71. The van der Waals surface area contributed by atoms with Gasteiger partial charge in [-0.3, -0.25) is 10.1 Å². The Balaban J connectivity index is 1.41. The summed E-state index contributed by atoms with van der Waals surface area (Å²) in [7, 11) is 0. The van der Waals surface area contributed by atoms with Crippen LogP contribution in [-0.4, -0.2) is 25.5 Å². The number of hydrogen-bond donors (Lipinski definition) is 2. The third-order valence-electron chi connectivity index (χ3n) is 5.39. The third-order valence-corrected chi connectivity index (χ3v) is 6.83. The minimum Gasteiger partial charge on any atom is -0.338 e. The van der Waals surface area contributed by atoms with Gasteiger partial charge in [0.25, 0.3) is 5.91 Å². The number of thiazole rings is 1. The third kappa shape index (κ3) is 4.18. The van der Waals surface area contributed by atoms with Gasteiger partial charge in [0.05, 0.1) is 11.4 Å². The van der Waals surface area contributed by atoms with Gasteiger partial charge in [0, 0.05) is 33.8 Å². The smallest absolute Gasteiger partial charge is 0.265 e. The molecule has 2 N–H and O–H groups in total. The molecule has 0 spiro atoms. The first-order chi connectivity index (χ1) is 17.3. The van der Waals surface area contributed by atoms with E-state index in [1.54, 1.807) is 22.0 Å². The molecule has 0 unspecified atom stereocenters. The van der Waals surface area contributed by atoms with E-state index < -0.39 is 0 Å². The zero-order valence-electron chi connectivity index (χ0n) is 18.3. The first-order valence-electron chi connectivity index (χ1n) is 10.8. The summed E-state index contributed by atoms with van der Waals surface area (Å²) in [4.78, 5) is 22.7. The van der Waals surface area contributed by atoms with Gasteiger partial charge in [-0.05, 0) is 29.6 Å². The van der Waals surface area contributed by atoms with Crippen molar-refractivity contribution in [3.8, 4) is 22.5 Å². The molecule has 0 saturated carbocycles. The number of carbonyl (C=O) groups excluding carboxylic acids is 1. The van der Waals surface area contributed by atoms with Gasteiger partial charge in [-0.1, -0.05) is 48.5 Å². The Morgan fingerprint density at radius 3 is 2.46 bits per heavy atom. The monoisotopic (exact) mass is 494 g/mol. The number of nitrogens with zero attached hydrogens (tertiary/aromatic N) is 4. The summed E-state index contributed by atoms with van der Waals surface area (Å²) in [6, 6.07) is 23.4. The molecule has 6 rings (SSSR count). The zero-order chi connectivity index (χ0) is 23.6. The van der Waals surface area contributed by atoms with Crippen LogP contribution in [0.25, 0.3) is 28.2 Å². The predicted octanol–water partition coefficient (Wildman–Crippen LogP) is 6.58. The molecule has 7 nitrogen and oxygen atoms in total. The standard InChI is InChI=1S/C26H18N6OS2/c33-25(30-26-29-20(16-35-26)17-7-3-1-4-8-17)22-23(28-19-9-5-2-6-10-19)31-32-21(11-13-27-24(22)32)18-12-14-34-15-18/h1-16H,(H,28,31)(H,29,30,33). The van der Waals surface area contributed by atoms with Gasteiger partial charge >= 0.3 is 0 Å². The lowest BCUT2D eigenvalue weighted by Crippen LogP contribution is -2.13. The predicted molar refractivity (Wildman–Crippen MR) is 142 cm³/mol. The zero-order valence-corrected chi connectivity index (χ0v) is 19.9. The highest BCUT2D eigenvalue weighted by molar-refractivity contribution is 7.14. The topological polar surface area (TPSA) is 84.2 Å². The molecule has 1 amide bonds. The summed E-state index contributed by atoms with van der Waals surface area (Å²) >= 11 is 2.98. The van der Waals surface area contributed by atoms with Crippen molar-refractivity contribution < 1.29 is 4.79 Å². The molecule has 0 atom stereocenters. The molecule has 35 heavy (non-hydrogen) atoms. The van der Waals surface area contributed by atoms with Gasteiger partial charge in [-0.2, -0.15) is 11.3 Å². The second-order valence-electron chi connectivity index (χ2n) is 7.65. The number of anilines is 3. The van der Waals surface area contributed by atoms with Gasteiger partial charge in [0.2, 0.25) is 0 Å². The number of rotatable bonds is 6. The van der Waals surface area contributed by atoms with Crippen molar-refractivity contribution in [2.45, 2.75) is 0 Å². The molecule has 0 aliphatic carbocycles. The number of thiophene rings is 1. The minimum atomic E-state index is -0.331. The van der Waals surface area contributed by atoms with Crippen molar-refractivity contribution in [1.82, 2.24) is 19.6 Å². The molecule has 170 valence electrons. The fourth-order valence-electron chi connectivity index (χ4n) is 3.76. The number of carbonyl (C=O) groups is 1. The number of aromatic nitrogens is 4. The molecule has 4 heterocycles. The van der Waals surface area contributed by atoms with Gasteiger partial charge in [-0.25, -0.2) is 14.5 Å². The maximum atomic E-state index is 13.6. The molecular weight excluding hydrogens is 476 g/mol.